The summed E-state index contributed by atoms with van der Waals surface area (Å²) in [5, 5.41) is 0.805. The van der Waals surface area contributed by atoms with E-state index in [1.807, 2.05) is 6.92 Å². The van der Waals surface area contributed by atoms with Crippen LogP contribution in [0.3, 0.4) is 0 Å². The van der Waals surface area contributed by atoms with E-state index < -0.39 is 10.2 Å². The minimum atomic E-state index is -3.47. The molecule has 32 heavy (non-hydrogen) atoms. The first kappa shape index (κ1) is 23.3. The molecule has 2 aliphatic heterocycles. The molecule has 0 unspecified atom stereocenters. The molecule has 0 radical (unpaired) electrons. The van der Waals surface area contributed by atoms with Crippen molar-refractivity contribution in [3.63, 3.8) is 0 Å². The van der Waals surface area contributed by atoms with Gasteiger partial charge in [-0.05, 0) is 37.5 Å². The van der Waals surface area contributed by atoms with E-state index in [2.05, 4.69) is 4.98 Å². The fourth-order valence-electron chi connectivity index (χ4n) is 4.20. The maximum Gasteiger partial charge on any atom is 0.282 e. The zero-order valence-electron chi connectivity index (χ0n) is 18.3. The van der Waals surface area contributed by atoms with Crippen molar-refractivity contribution in [2.24, 2.45) is 0 Å². The summed E-state index contributed by atoms with van der Waals surface area (Å²) in [5.41, 5.74) is 1.61. The van der Waals surface area contributed by atoms with Crippen molar-refractivity contribution in [1.29, 1.82) is 0 Å². The minimum Gasteiger partial charge on any atom is -0.335 e. The Hall–Kier alpha value is -1.88. The fourth-order valence-corrected chi connectivity index (χ4v) is 6.94. The molecule has 0 N–H and O–H groups in total. The van der Waals surface area contributed by atoms with E-state index >= 15 is 0 Å². The van der Waals surface area contributed by atoms with E-state index in [4.69, 9.17) is 0 Å². The third-order valence-corrected chi connectivity index (χ3v) is 9.23. The van der Waals surface area contributed by atoms with Gasteiger partial charge in [0.25, 0.3) is 16.1 Å². The molecule has 2 aromatic rings. The maximum absolute atomic E-state index is 13.1. The average Bonchev–Trinajstić information content (AvgIpc) is 2.97. The number of halogens is 1. The van der Waals surface area contributed by atoms with Gasteiger partial charge in [0.15, 0.2) is 0 Å². The molecular formula is C22H29FN4O3S2. The van der Waals surface area contributed by atoms with Crippen molar-refractivity contribution in [2.45, 2.75) is 39.0 Å². The van der Waals surface area contributed by atoms with Gasteiger partial charge in [0, 0.05) is 45.7 Å². The van der Waals surface area contributed by atoms with E-state index in [1.165, 1.54) is 27.8 Å². The number of piperazine rings is 1. The molecule has 0 atom stereocenters. The van der Waals surface area contributed by atoms with Gasteiger partial charge < -0.3 is 4.90 Å². The van der Waals surface area contributed by atoms with Crippen molar-refractivity contribution in [3.05, 3.63) is 51.2 Å². The molecular weight excluding hydrogens is 451 g/mol. The molecule has 10 heteroatoms. The molecule has 2 fully saturated rings. The Morgan fingerprint density at radius 3 is 2.19 bits per heavy atom. The second-order valence-electron chi connectivity index (χ2n) is 8.34. The highest BCUT2D eigenvalue weighted by Gasteiger charge is 2.34. The minimum absolute atomic E-state index is 0.0998. The lowest BCUT2D eigenvalue weighted by Gasteiger charge is -2.36. The number of hydrogen-bond donors (Lipinski definition) is 0. The van der Waals surface area contributed by atoms with Gasteiger partial charge in [0.2, 0.25) is 0 Å². The SMILES string of the molecule is Cc1nc(Cc2ccc(F)cc2)sc1C(=O)N1CCN(S(=O)(=O)N2CCCCCC2)CC1. The maximum atomic E-state index is 13.1. The van der Waals surface area contributed by atoms with Gasteiger partial charge in [-0.1, -0.05) is 25.0 Å². The van der Waals surface area contributed by atoms with Crippen LogP contribution in [0.15, 0.2) is 24.3 Å². The van der Waals surface area contributed by atoms with Crippen LogP contribution >= 0.6 is 11.3 Å². The van der Waals surface area contributed by atoms with Gasteiger partial charge in [-0.15, -0.1) is 11.3 Å². The van der Waals surface area contributed by atoms with Crippen LogP contribution in [0, 0.1) is 12.7 Å². The standard InChI is InChI=1S/C22H29FN4O3S2/c1-17-21(31-20(24-17)16-18-6-8-19(23)9-7-18)22(28)25-12-14-27(15-13-25)32(29,30)26-10-4-2-3-5-11-26/h6-9H,2-5,10-16H2,1H3. The van der Waals surface area contributed by atoms with Gasteiger partial charge in [-0.3, -0.25) is 4.79 Å². The van der Waals surface area contributed by atoms with Crippen molar-refractivity contribution < 1.29 is 17.6 Å². The smallest absolute Gasteiger partial charge is 0.282 e. The van der Waals surface area contributed by atoms with Crippen molar-refractivity contribution in [2.75, 3.05) is 39.3 Å². The van der Waals surface area contributed by atoms with Gasteiger partial charge in [-0.2, -0.15) is 17.0 Å². The largest absolute Gasteiger partial charge is 0.335 e. The monoisotopic (exact) mass is 480 g/mol. The van der Waals surface area contributed by atoms with Gasteiger partial charge in [-0.25, -0.2) is 9.37 Å². The number of carbonyl (C=O) groups excluding carboxylic acids is 1. The number of nitrogens with zero attached hydrogens (tertiary/aromatic N) is 4. The van der Waals surface area contributed by atoms with Crippen molar-refractivity contribution in [3.8, 4) is 0 Å². The molecule has 174 valence electrons. The summed E-state index contributed by atoms with van der Waals surface area (Å²) in [7, 11) is -3.47. The molecule has 0 aliphatic carbocycles. The molecule has 3 heterocycles. The van der Waals surface area contributed by atoms with Crippen LogP contribution < -0.4 is 0 Å². The second kappa shape index (κ2) is 9.94. The van der Waals surface area contributed by atoms with E-state index in [-0.39, 0.29) is 11.7 Å². The fraction of sp³-hybridized carbons (Fsp3) is 0.545. The molecule has 1 amide bonds. The molecule has 1 aromatic heterocycles. The second-order valence-corrected chi connectivity index (χ2v) is 11.3. The van der Waals surface area contributed by atoms with Crippen LogP contribution in [0.5, 0.6) is 0 Å². The summed E-state index contributed by atoms with van der Waals surface area (Å²) in [6.07, 6.45) is 4.50. The van der Waals surface area contributed by atoms with Crippen LogP contribution in [-0.2, 0) is 16.6 Å². The predicted octanol–water partition coefficient (Wildman–Crippen LogP) is 3.06. The third-order valence-electron chi connectivity index (χ3n) is 6.05. The summed E-state index contributed by atoms with van der Waals surface area (Å²) in [6.45, 7) is 4.34. The summed E-state index contributed by atoms with van der Waals surface area (Å²) >= 11 is 1.36. The van der Waals surface area contributed by atoms with Crippen LogP contribution in [0.4, 0.5) is 4.39 Å². The lowest BCUT2D eigenvalue weighted by molar-refractivity contribution is 0.0698. The van der Waals surface area contributed by atoms with Crippen molar-refractivity contribution in [1.82, 2.24) is 18.5 Å². The van der Waals surface area contributed by atoms with E-state index in [0.717, 1.165) is 36.3 Å². The number of aryl methyl sites for hydroxylation is 1. The number of thiazole rings is 1. The third kappa shape index (κ3) is 5.19. The Labute approximate surface area is 193 Å². The summed E-state index contributed by atoms with van der Waals surface area (Å²) in [5.74, 6) is -0.380. The Morgan fingerprint density at radius 2 is 1.56 bits per heavy atom. The van der Waals surface area contributed by atoms with Crippen molar-refractivity contribution >= 4 is 27.5 Å². The molecule has 1 aromatic carbocycles. The van der Waals surface area contributed by atoms with Gasteiger partial charge in [0.1, 0.15) is 10.7 Å². The number of hydrogen-bond acceptors (Lipinski definition) is 5. The number of aromatic nitrogens is 1. The normalized spacial score (nSPS) is 19.1. The molecule has 2 aliphatic rings. The number of rotatable bonds is 5. The van der Waals surface area contributed by atoms with Crippen LogP contribution in [0.25, 0.3) is 0 Å². The molecule has 0 spiro atoms. The summed E-state index contributed by atoms with van der Waals surface area (Å²) in [6, 6.07) is 6.27. The van der Waals surface area contributed by atoms with Crippen LogP contribution in [0.2, 0.25) is 0 Å². The lowest BCUT2D eigenvalue weighted by atomic mass is 10.1. The highest BCUT2D eigenvalue weighted by Crippen LogP contribution is 2.24. The Balaban J connectivity index is 1.38. The Bertz CT molecular complexity index is 1040. The first-order valence-corrected chi connectivity index (χ1v) is 13.3. The summed E-state index contributed by atoms with van der Waals surface area (Å²) < 4.78 is 42.3. The summed E-state index contributed by atoms with van der Waals surface area (Å²) in [4.78, 5) is 19.9. The Morgan fingerprint density at radius 1 is 0.969 bits per heavy atom. The van der Waals surface area contributed by atoms with E-state index in [9.17, 15) is 17.6 Å². The molecule has 2 saturated heterocycles. The van der Waals surface area contributed by atoms with Crippen LogP contribution in [-0.4, -0.2) is 72.1 Å². The zero-order chi connectivity index (χ0) is 22.7. The van der Waals surface area contributed by atoms with E-state index in [0.29, 0.717) is 56.3 Å². The highest BCUT2D eigenvalue weighted by molar-refractivity contribution is 7.86. The number of carbonyl (C=O) groups is 1. The molecule has 4 rings (SSSR count). The van der Waals surface area contributed by atoms with E-state index in [1.54, 1.807) is 21.3 Å². The first-order valence-electron chi connectivity index (χ1n) is 11.1. The molecule has 0 bridgehead atoms. The van der Waals surface area contributed by atoms with Gasteiger partial charge in [0.05, 0.1) is 10.7 Å². The molecule has 0 saturated carbocycles. The highest BCUT2D eigenvalue weighted by atomic mass is 32.2. The quantitative estimate of drug-likeness (QED) is 0.659. The first-order chi connectivity index (χ1) is 15.3. The average molecular weight is 481 g/mol. The topological polar surface area (TPSA) is 73.8 Å². The number of benzene rings is 1. The lowest BCUT2D eigenvalue weighted by Crippen LogP contribution is -2.54. The van der Waals surface area contributed by atoms with Crippen LogP contribution in [0.1, 0.15) is 51.6 Å². The Kier molecular flexibility index (Phi) is 7.24. The predicted molar refractivity (Wildman–Crippen MR) is 122 cm³/mol. The zero-order valence-corrected chi connectivity index (χ0v) is 19.9. The number of amides is 1. The van der Waals surface area contributed by atoms with Gasteiger partial charge >= 0.3 is 0 Å². The molecule has 7 nitrogen and oxygen atoms in total.